The Morgan fingerprint density at radius 1 is 1.23 bits per heavy atom. The number of amides is 1. The average molecular weight is 380 g/mol. The van der Waals surface area contributed by atoms with Gasteiger partial charge in [-0.15, -0.1) is 0 Å². The van der Waals surface area contributed by atoms with Crippen molar-refractivity contribution in [3.05, 3.63) is 76.7 Å². The van der Waals surface area contributed by atoms with Gasteiger partial charge in [-0.25, -0.2) is 4.98 Å². The van der Waals surface area contributed by atoms with E-state index in [2.05, 4.69) is 10.3 Å². The van der Waals surface area contributed by atoms with E-state index in [0.29, 0.717) is 16.9 Å². The molecule has 0 unspecified atom stereocenters. The minimum atomic E-state index is -4.42. The van der Waals surface area contributed by atoms with Gasteiger partial charge in [0.05, 0.1) is 11.3 Å². The van der Waals surface area contributed by atoms with Gasteiger partial charge in [-0.2, -0.15) is 13.2 Å². The molecule has 0 aliphatic rings. The highest BCUT2D eigenvalue weighted by molar-refractivity contribution is 6.31. The number of hydrogen-bond acceptors (Lipinski definition) is 2. The molecule has 0 aliphatic carbocycles. The predicted molar refractivity (Wildman–Crippen MR) is 92.5 cm³/mol. The van der Waals surface area contributed by atoms with E-state index in [-0.39, 0.29) is 11.7 Å². The Bertz CT molecular complexity index is 979. The van der Waals surface area contributed by atoms with Crippen molar-refractivity contribution in [1.82, 2.24) is 14.7 Å². The van der Waals surface area contributed by atoms with E-state index in [1.54, 1.807) is 22.7 Å². The van der Waals surface area contributed by atoms with E-state index in [1.165, 1.54) is 24.3 Å². The van der Waals surface area contributed by atoms with Crippen molar-refractivity contribution < 1.29 is 18.0 Å². The van der Waals surface area contributed by atoms with Gasteiger partial charge in [0.1, 0.15) is 5.65 Å². The number of nitrogens with one attached hydrogen (secondary N) is 1. The maximum Gasteiger partial charge on any atom is 0.416 e. The van der Waals surface area contributed by atoms with Crippen molar-refractivity contribution in [1.29, 1.82) is 0 Å². The Balaban J connectivity index is 1.68. The summed E-state index contributed by atoms with van der Waals surface area (Å²) in [4.78, 5) is 16.1. The summed E-state index contributed by atoms with van der Waals surface area (Å²) in [5, 5.41) is 2.79. The molecule has 1 amide bonds. The number of nitrogens with zero attached hydrogens (tertiary/aromatic N) is 2. The van der Waals surface area contributed by atoms with Gasteiger partial charge in [0.15, 0.2) is 5.15 Å². The van der Waals surface area contributed by atoms with Crippen LogP contribution >= 0.6 is 11.6 Å². The van der Waals surface area contributed by atoms with Gasteiger partial charge in [-0.1, -0.05) is 29.8 Å². The van der Waals surface area contributed by atoms with Crippen LogP contribution in [0.5, 0.6) is 0 Å². The van der Waals surface area contributed by atoms with E-state index >= 15 is 0 Å². The highest BCUT2D eigenvalue weighted by atomic mass is 35.5. The fraction of sp³-hybridized carbons (Fsp3) is 0.111. The molecule has 0 fully saturated rings. The van der Waals surface area contributed by atoms with Gasteiger partial charge in [0.2, 0.25) is 5.91 Å². The molecule has 0 radical (unpaired) electrons. The molecule has 0 aliphatic heterocycles. The Morgan fingerprint density at radius 2 is 2.04 bits per heavy atom. The summed E-state index contributed by atoms with van der Waals surface area (Å²) in [6.07, 6.45) is 0.105. The standard InChI is InChI=1S/C18H13ClF3N3O/c19-17-14(25-9-2-1-6-15(25)24-17)7-8-16(26)23-11-12-4-3-5-13(10-12)18(20,21)22/h1-10H,11H2,(H,23,26)/b8-7+. The summed E-state index contributed by atoms with van der Waals surface area (Å²) in [5.41, 5.74) is 0.782. The molecule has 134 valence electrons. The number of rotatable bonds is 4. The normalized spacial score (nSPS) is 12.0. The van der Waals surface area contributed by atoms with Crippen molar-refractivity contribution >= 4 is 29.2 Å². The van der Waals surface area contributed by atoms with E-state index in [9.17, 15) is 18.0 Å². The first-order valence-corrected chi connectivity index (χ1v) is 7.97. The van der Waals surface area contributed by atoms with Crippen LogP contribution in [-0.4, -0.2) is 15.3 Å². The lowest BCUT2D eigenvalue weighted by Gasteiger charge is -2.08. The molecule has 2 aromatic heterocycles. The molecular weight excluding hydrogens is 367 g/mol. The highest BCUT2D eigenvalue weighted by Crippen LogP contribution is 2.29. The van der Waals surface area contributed by atoms with Crippen LogP contribution < -0.4 is 5.32 Å². The van der Waals surface area contributed by atoms with E-state index in [4.69, 9.17) is 11.6 Å². The molecule has 0 bridgehead atoms. The molecule has 0 saturated heterocycles. The third kappa shape index (κ3) is 4.05. The lowest BCUT2D eigenvalue weighted by Crippen LogP contribution is -2.20. The van der Waals surface area contributed by atoms with Crippen molar-refractivity contribution in [2.45, 2.75) is 12.7 Å². The molecule has 0 saturated carbocycles. The van der Waals surface area contributed by atoms with Crippen LogP contribution in [0, 0.1) is 0 Å². The first-order valence-electron chi connectivity index (χ1n) is 7.59. The minimum absolute atomic E-state index is 0.0199. The highest BCUT2D eigenvalue weighted by Gasteiger charge is 2.30. The molecule has 0 atom stereocenters. The molecule has 0 spiro atoms. The third-order valence-corrected chi connectivity index (χ3v) is 3.91. The number of hydrogen-bond donors (Lipinski definition) is 1. The fourth-order valence-electron chi connectivity index (χ4n) is 2.40. The molecule has 3 aromatic rings. The summed E-state index contributed by atoms with van der Waals surface area (Å²) in [5.74, 6) is -0.454. The van der Waals surface area contributed by atoms with Crippen molar-refractivity contribution in [3.8, 4) is 0 Å². The number of imidazole rings is 1. The van der Waals surface area contributed by atoms with Gasteiger partial charge >= 0.3 is 6.18 Å². The fourth-order valence-corrected chi connectivity index (χ4v) is 2.64. The van der Waals surface area contributed by atoms with Crippen LogP contribution in [0.3, 0.4) is 0 Å². The summed E-state index contributed by atoms with van der Waals surface area (Å²) in [6, 6.07) is 10.2. The van der Waals surface area contributed by atoms with Gasteiger partial charge in [0.25, 0.3) is 0 Å². The average Bonchev–Trinajstić information content (AvgIpc) is 2.93. The molecule has 4 nitrogen and oxygen atoms in total. The lowest BCUT2D eigenvalue weighted by atomic mass is 10.1. The zero-order valence-corrected chi connectivity index (χ0v) is 14.1. The number of alkyl halides is 3. The van der Waals surface area contributed by atoms with Crippen LogP contribution in [-0.2, 0) is 17.5 Å². The van der Waals surface area contributed by atoms with Crippen LogP contribution in [0.15, 0.2) is 54.7 Å². The van der Waals surface area contributed by atoms with Gasteiger partial charge in [-0.3, -0.25) is 9.20 Å². The first kappa shape index (κ1) is 18.0. The minimum Gasteiger partial charge on any atom is -0.348 e. The number of carbonyl (C=O) groups is 1. The molecule has 8 heteroatoms. The topological polar surface area (TPSA) is 46.4 Å². The molecule has 1 N–H and O–H groups in total. The van der Waals surface area contributed by atoms with Crippen molar-refractivity contribution in [2.75, 3.05) is 0 Å². The lowest BCUT2D eigenvalue weighted by molar-refractivity contribution is -0.137. The predicted octanol–water partition coefficient (Wildman–Crippen LogP) is 4.34. The van der Waals surface area contributed by atoms with Crippen LogP contribution in [0.2, 0.25) is 5.15 Å². The number of halogens is 4. The van der Waals surface area contributed by atoms with Crippen LogP contribution in [0.1, 0.15) is 16.8 Å². The largest absolute Gasteiger partial charge is 0.416 e. The van der Waals surface area contributed by atoms with Crippen LogP contribution in [0.4, 0.5) is 13.2 Å². The van der Waals surface area contributed by atoms with Gasteiger partial charge in [0, 0.05) is 18.8 Å². The summed E-state index contributed by atoms with van der Waals surface area (Å²) in [6.45, 7) is -0.0199. The maximum atomic E-state index is 12.7. The second-order valence-corrected chi connectivity index (χ2v) is 5.82. The number of aromatic nitrogens is 2. The van der Waals surface area contributed by atoms with Gasteiger partial charge < -0.3 is 5.32 Å². The summed E-state index contributed by atoms with van der Waals surface area (Å²) < 4.78 is 39.8. The smallest absolute Gasteiger partial charge is 0.348 e. The molecule has 1 aromatic carbocycles. The molecule has 3 rings (SSSR count). The Labute approximate surface area is 151 Å². The zero-order chi connectivity index (χ0) is 18.7. The van der Waals surface area contributed by atoms with Gasteiger partial charge in [-0.05, 0) is 35.9 Å². The SMILES string of the molecule is O=C(/C=C/c1c(Cl)nc2ccccn12)NCc1cccc(C(F)(F)F)c1. The summed E-state index contributed by atoms with van der Waals surface area (Å²) >= 11 is 6.06. The van der Waals surface area contributed by atoms with E-state index in [1.807, 2.05) is 6.07 Å². The van der Waals surface area contributed by atoms with E-state index in [0.717, 1.165) is 12.1 Å². The number of fused-ring (bicyclic) bond motifs is 1. The Morgan fingerprint density at radius 3 is 2.81 bits per heavy atom. The number of benzene rings is 1. The number of carbonyl (C=O) groups excluding carboxylic acids is 1. The van der Waals surface area contributed by atoms with E-state index < -0.39 is 17.6 Å². The molecule has 26 heavy (non-hydrogen) atoms. The Hall–Kier alpha value is -2.80. The monoisotopic (exact) mass is 379 g/mol. The Kier molecular flexibility index (Phi) is 4.99. The van der Waals surface area contributed by atoms with Crippen molar-refractivity contribution in [2.24, 2.45) is 0 Å². The molecule has 2 heterocycles. The quantitative estimate of drug-likeness (QED) is 0.686. The second kappa shape index (κ2) is 7.21. The maximum absolute atomic E-state index is 12.7. The van der Waals surface area contributed by atoms with Crippen LogP contribution in [0.25, 0.3) is 11.7 Å². The second-order valence-electron chi connectivity index (χ2n) is 5.47. The first-order chi connectivity index (χ1) is 12.3. The third-order valence-electron chi connectivity index (χ3n) is 3.64. The zero-order valence-electron chi connectivity index (χ0n) is 13.3. The molecular formula is C18H13ClF3N3O. The van der Waals surface area contributed by atoms with Crippen molar-refractivity contribution in [3.63, 3.8) is 0 Å². The number of pyridine rings is 1. The summed E-state index contributed by atoms with van der Waals surface area (Å²) in [7, 11) is 0.